The second kappa shape index (κ2) is 7.08. The Labute approximate surface area is 168 Å². The van der Waals surface area contributed by atoms with Gasteiger partial charge in [-0.25, -0.2) is 18.2 Å². The fourth-order valence-corrected chi connectivity index (χ4v) is 5.46. The van der Waals surface area contributed by atoms with E-state index in [4.69, 9.17) is 9.26 Å². The minimum Gasteiger partial charge on any atom is -0.449 e. The van der Waals surface area contributed by atoms with Gasteiger partial charge in [-0.05, 0) is 39.2 Å². The van der Waals surface area contributed by atoms with E-state index in [0.29, 0.717) is 23.4 Å². The lowest BCUT2D eigenvalue weighted by molar-refractivity contribution is -0.140. The lowest BCUT2D eigenvalue weighted by Crippen LogP contribution is -2.44. The molecule has 2 fully saturated rings. The normalized spacial score (nSPS) is 21.8. The molecule has 1 saturated carbocycles. The van der Waals surface area contributed by atoms with Crippen molar-refractivity contribution in [3.05, 3.63) is 23.0 Å². The number of aromatic nitrogens is 2. The predicted molar refractivity (Wildman–Crippen MR) is 103 cm³/mol. The van der Waals surface area contributed by atoms with Gasteiger partial charge in [0.15, 0.2) is 15.9 Å². The van der Waals surface area contributed by atoms with Crippen LogP contribution in [-0.2, 0) is 19.4 Å². The molecule has 2 atom stereocenters. The van der Waals surface area contributed by atoms with Gasteiger partial charge in [-0.2, -0.15) is 0 Å². The topological polar surface area (TPSA) is 120 Å². The number of rotatable bonds is 5. The number of ether oxygens (including phenoxy) is 1. The predicted octanol–water partition coefficient (Wildman–Crippen LogP) is 1.60. The summed E-state index contributed by atoms with van der Waals surface area (Å²) in [5.74, 6) is -0.791. The molecule has 1 aliphatic carbocycles. The standard InChI is InChI=1S/C19H23N3O6S/c1-10-16-14(8-15(12-4-5-12)20-17(16)28-21-10)19(24)27-11(2)18(23)22(3)13-6-7-29(25,26)9-13/h8,11-13H,4-7,9H2,1-3H3/t11-,13+/m1/s1. The number of pyridine rings is 1. The zero-order chi connectivity index (χ0) is 20.9. The highest BCUT2D eigenvalue weighted by molar-refractivity contribution is 7.91. The molecule has 0 radical (unpaired) electrons. The number of aryl methyl sites for hydroxylation is 1. The molecule has 0 N–H and O–H groups in total. The lowest BCUT2D eigenvalue weighted by Gasteiger charge is -2.26. The Kier molecular flexibility index (Phi) is 4.84. The second-order valence-electron chi connectivity index (χ2n) is 7.87. The molecule has 2 aliphatic rings. The number of fused-ring (bicyclic) bond motifs is 1. The molecule has 1 amide bonds. The zero-order valence-corrected chi connectivity index (χ0v) is 17.4. The molecule has 4 rings (SSSR count). The molecule has 9 nitrogen and oxygen atoms in total. The number of likely N-dealkylation sites (N-methyl/N-ethyl adjacent to an activating group) is 1. The quantitative estimate of drug-likeness (QED) is 0.668. The Bertz CT molecular complexity index is 1090. The number of hydrogen-bond acceptors (Lipinski definition) is 8. The van der Waals surface area contributed by atoms with Crippen LogP contribution in [0.5, 0.6) is 0 Å². The van der Waals surface area contributed by atoms with Crippen molar-refractivity contribution in [2.45, 2.75) is 51.2 Å². The fraction of sp³-hybridized carbons (Fsp3) is 0.579. The number of sulfone groups is 1. The maximum Gasteiger partial charge on any atom is 0.339 e. The average Bonchev–Trinajstić information content (AvgIpc) is 3.38. The van der Waals surface area contributed by atoms with Gasteiger partial charge in [0, 0.05) is 24.7 Å². The van der Waals surface area contributed by atoms with Crippen molar-refractivity contribution < 1.29 is 27.3 Å². The molecule has 1 aliphatic heterocycles. The van der Waals surface area contributed by atoms with Crippen molar-refractivity contribution in [3.63, 3.8) is 0 Å². The number of amides is 1. The van der Waals surface area contributed by atoms with E-state index < -0.39 is 33.9 Å². The number of esters is 1. The summed E-state index contributed by atoms with van der Waals surface area (Å²) in [6.45, 7) is 3.20. The Hall–Kier alpha value is -2.49. The molecule has 10 heteroatoms. The molecular weight excluding hydrogens is 398 g/mol. The van der Waals surface area contributed by atoms with Crippen LogP contribution in [0.15, 0.2) is 10.6 Å². The molecule has 0 aromatic carbocycles. The van der Waals surface area contributed by atoms with E-state index in [1.165, 1.54) is 18.9 Å². The number of nitrogens with zero attached hydrogens (tertiary/aromatic N) is 3. The van der Waals surface area contributed by atoms with Gasteiger partial charge >= 0.3 is 5.97 Å². The van der Waals surface area contributed by atoms with Crippen molar-refractivity contribution in [2.24, 2.45) is 0 Å². The van der Waals surface area contributed by atoms with Crippen LogP contribution < -0.4 is 0 Å². The van der Waals surface area contributed by atoms with Gasteiger partial charge in [0.2, 0.25) is 0 Å². The van der Waals surface area contributed by atoms with Crippen LogP contribution in [0.2, 0.25) is 0 Å². The number of carbonyl (C=O) groups is 2. The maximum atomic E-state index is 12.9. The summed E-state index contributed by atoms with van der Waals surface area (Å²) < 4.78 is 34.0. The molecule has 2 aromatic heterocycles. The molecule has 0 unspecified atom stereocenters. The summed E-state index contributed by atoms with van der Waals surface area (Å²) in [4.78, 5) is 31.4. The molecule has 1 saturated heterocycles. The minimum absolute atomic E-state index is 0.0640. The smallest absolute Gasteiger partial charge is 0.339 e. The van der Waals surface area contributed by atoms with Crippen molar-refractivity contribution in [1.82, 2.24) is 15.0 Å². The van der Waals surface area contributed by atoms with Crippen LogP contribution in [0, 0.1) is 6.92 Å². The van der Waals surface area contributed by atoms with Crippen molar-refractivity contribution in [1.29, 1.82) is 0 Å². The highest BCUT2D eigenvalue weighted by Gasteiger charge is 2.35. The van der Waals surface area contributed by atoms with Crippen LogP contribution in [0.25, 0.3) is 11.1 Å². The Morgan fingerprint density at radius 1 is 1.31 bits per heavy atom. The third-order valence-corrected chi connectivity index (χ3v) is 7.34. The molecule has 0 spiro atoms. The molecule has 0 bridgehead atoms. The molecule has 2 aromatic rings. The Balaban J connectivity index is 1.53. The van der Waals surface area contributed by atoms with E-state index in [2.05, 4.69) is 10.1 Å². The van der Waals surface area contributed by atoms with Gasteiger partial charge in [-0.3, -0.25) is 4.79 Å². The Morgan fingerprint density at radius 2 is 2.03 bits per heavy atom. The van der Waals surface area contributed by atoms with E-state index in [0.717, 1.165) is 18.5 Å². The van der Waals surface area contributed by atoms with E-state index >= 15 is 0 Å². The van der Waals surface area contributed by atoms with Gasteiger partial charge < -0.3 is 14.2 Å². The highest BCUT2D eigenvalue weighted by Crippen LogP contribution is 2.40. The van der Waals surface area contributed by atoms with Gasteiger partial charge in [0.1, 0.15) is 0 Å². The van der Waals surface area contributed by atoms with Crippen LogP contribution in [0.1, 0.15) is 53.8 Å². The number of hydrogen-bond donors (Lipinski definition) is 0. The minimum atomic E-state index is -3.12. The van der Waals surface area contributed by atoms with Crippen molar-refractivity contribution in [2.75, 3.05) is 18.6 Å². The zero-order valence-electron chi connectivity index (χ0n) is 16.5. The molecule has 29 heavy (non-hydrogen) atoms. The SMILES string of the molecule is Cc1noc2nc(C3CC3)cc(C(=O)O[C@H](C)C(=O)N(C)[C@H]3CCS(=O)(=O)C3)c12. The van der Waals surface area contributed by atoms with Gasteiger partial charge in [-0.1, -0.05) is 5.16 Å². The third kappa shape index (κ3) is 3.85. The molecule has 3 heterocycles. The number of carbonyl (C=O) groups excluding carboxylic acids is 2. The van der Waals surface area contributed by atoms with Gasteiger partial charge in [0.25, 0.3) is 11.6 Å². The van der Waals surface area contributed by atoms with Crippen LogP contribution in [0.3, 0.4) is 0 Å². The largest absolute Gasteiger partial charge is 0.449 e. The maximum absolute atomic E-state index is 12.9. The van der Waals surface area contributed by atoms with Gasteiger partial charge in [-0.15, -0.1) is 0 Å². The first-order valence-electron chi connectivity index (χ1n) is 9.61. The first kappa shape index (κ1) is 19.8. The van der Waals surface area contributed by atoms with Crippen LogP contribution >= 0.6 is 0 Å². The summed E-state index contributed by atoms with van der Waals surface area (Å²) in [7, 11) is -1.58. The molecule has 156 valence electrons. The first-order valence-corrected chi connectivity index (χ1v) is 11.4. The molecular formula is C19H23N3O6S. The second-order valence-corrected chi connectivity index (χ2v) is 10.1. The van der Waals surface area contributed by atoms with E-state index in [9.17, 15) is 18.0 Å². The summed E-state index contributed by atoms with van der Waals surface area (Å²) in [6.07, 6.45) is 1.35. The summed E-state index contributed by atoms with van der Waals surface area (Å²) >= 11 is 0. The first-order chi connectivity index (χ1) is 13.7. The van der Waals surface area contributed by atoms with Crippen LogP contribution in [0.4, 0.5) is 0 Å². The highest BCUT2D eigenvalue weighted by atomic mass is 32.2. The van der Waals surface area contributed by atoms with E-state index in [-0.39, 0.29) is 22.8 Å². The Morgan fingerprint density at radius 3 is 2.66 bits per heavy atom. The lowest BCUT2D eigenvalue weighted by atomic mass is 10.1. The van der Waals surface area contributed by atoms with E-state index in [1.807, 2.05) is 0 Å². The fourth-order valence-electron chi connectivity index (χ4n) is 3.68. The van der Waals surface area contributed by atoms with Gasteiger partial charge in [0.05, 0.1) is 28.1 Å². The van der Waals surface area contributed by atoms with E-state index in [1.54, 1.807) is 13.0 Å². The third-order valence-electron chi connectivity index (χ3n) is 5.59. The van der Waals surface area contributed by atoms with Crippen molar-refractivity contribution >= 4 is 32.8 Å². The average molecular weight is 421 g/mol. The summed E-state index contributed by atoms with van der Waals surface area (Å²) in [5, 5.41) is 4.37. The summed E-state index contributed by atoms with van der Waals surface area (Å²) in [6, 6.07) is 1.29. The van der Waals surface area contributed by atoms with Crippen molar-refractivity contribution in [3.8, 4) is 0 Å². The monoisotopic (exact) mass is 421 g/mol. The van der Waals surface area contributed by atoms with Crippen LogP contribution in [-0.4, -0.2) is 66.0 Å². The summed E-state index contributed by atoms with van der Waals surface area (Å²) in [5.41, 5.74) is 1.84.